The van der Waals surface area contributed by atoms with E-state index in [4.69, 9.17) is 27.8 Å². The maximum absolute atomic E-state index is 13.4. The second-order valence-corrected chi connectivity index (χ2v) is 11.5. The Labute approximate surface area is 257 Å². The Bertz CT molecular complexity index is 1440. The van der Waals surface area contributed by atoms with Gasteiger partial charge in [0, 0.05) is 31.7 Å². The third-order valence-electron chi connectivity index (χ3n) is 6.45. The Kier molecular flexibility index (Phi) is 11.3. The van der Waals surface area contributed by atoms with E-state index >= 15 is 0 Å². The molecule has 3 aromatic rings. The topological polar surface area (TPSA) is 166 Å². The van der Waals surface area contributed by atoms with Crippen molar-refractivity contribution in [1.82, 2.24) is 25.5 Å². The van der Waals surface area contributed by atoms with Gasteiger partial charge in [-0.15, -0.1) is 0 Å². The van der Waals surface area contributed by atoms with Crippen LogP contribution in [0.1, 0.15) is 58.3 Å². The molecule has 0 fully saturated rings. The van der Waals surface area contributed by atoms with Crippen LogP contribution in [0.2, 0.25) is 5.15 Å². The molecule has 229 valence electrons. The van der Waals surface area contributed by atoms with Crippen molar-refractivity contribution >= 4 is 41.1 Å². The molecule has 0 aliphatic carbocycles. The van der Waals surface area contributed by atoms with Crippen molar-refractivity contribution in [2.24, 2.45) is 5.92 Å². The van der Waals surface area contributed by atoms with Gasteiger partial charge in [-0.2, -0.15) is 0 Å². The van der Waals surface area contributed by atoms with Gasteiger partial charge >= 0.3 is 6.09 Å². The van der Waals surface area contributed by atoms with Crippen LogP contribution < -0.4 is 22.1 Å². The van der Waals surface area contributed by atoms with Crippen LogP contribution in [0.3, 0.4) is 0 Å². The first-order valence-corrected chi connectivity index (χ1v) is 14.2. The summed E-state index contributed by atoms with van der Waals surface area (Å²) in [6.07, 6.45) is 0.0491. The van der Waals surface area contributed by atoms with Crippen LogP contribution in [-0.2, 0) is 17.7 Å². The monoisotopic (exact) mass is 608 g/mol. The number of ether oxygens (including phenoxy) is 1. The number of nitrogen functional groups attached to an aromatic ring is 2. The molecule has 1 atom stereocenters. The van der Waals surface area contributed by atoms with E-state index in [1.54, 1.807) is 49.9 Å². The summed E-state index contributed by atoms with van der Waals surface area (Å²) in [5, 5.41) is 5.41. The molecule has 1 heterocycles. The van der Waals surface area contributed by atoms with Crippen molar-refractivity contribution in [3.05, 3.63) is 88.6 Å². The summed E-state index contributed by atoms with van der Waals surface area (Å²) in [6.45, 7) is 12.0. The number of rotatable bonds is 11. The number of carbonyl (C=O) groups is 3. The van der Waals surface area contributed by atoms with E-state index in [0.717, 1.165) is 16.7 Å². The highest BCUT2D eigenvalue weighted by Crippen LogP contribution is 2.20. The molecule has 6 N–H and O–H groups in total. The first-order chi connectivity index (χ1) is 20.3. The highest BCUT2D eigenvalue weighted by Gasteiger charge is 2.26. The Hall–Kier alpha value is -4.38. The van der Waals surface area contributed by atoms with Crippen molar-refractivity contribution < 1.29 is 19.1 Å². The molecule has 43 heavy (non-hydrogen) atoms. The van der Waals surface area contributed by atoms with Gasteiger partial charge in [0.2, 0.25) is 0 Å². The lowest BCUT2D eigenvalue weighted by atomic mass is 9.95. The molecule has 0 bridgehead atoms. The van der Waals surface area contributed by atoms with Gasteiger partial charge in [-0.1, -0.05) is 48.0 Å². The maximum atomic E-state index is 13.4. The largest absolute Gasteiger partial charge is 0.444 e. The fourth-order valence-electron chi connectivity index (χ4n) is 4.32. The number of benzene rings is 2. The molecule has 0 spiro atoms. The van der Waals surface area contributed by atoms with E-state index in [1.807, 2.05) is 31.2 Å². The van der Waals surface area contributed by atoms with E-state index in [2.05, 4.69) is 27.5 Å². The van der Waals surface area contributed by atoms with E-state index in [-0.39, 0.29) is 60.5 Å². The van der Waals surface area contributed by atoms with Gasteiger partial charge in [0.05, 0.1) is 0 Å². The molecular weight excluding hydrogens is 570 g/mol. The van der Waals surface area contributed by atoms with Crippen LogP contribution in [-0.4, -0.2) is 58.0 Å². The Balaban J connectivity index is 1.88. The summed E-state index contributed by atoms with van der Waals surface area (Å²) in [6, 6.07) is 14.9. The third-order valence-corrected chi connectivity index (χ3v) is 6.72. The SMILES string of the molecule is [CH2]CNC(=O)c1ccc(CN(CC(CNC(=O)c2nc(Cl)c(N)nc2N)Cc2ccccc2C)C(=O)OC(C)(C)C)cc1. The average molecular weight is 609 g/mol. The fourth-order valence-corrected chi connectivity index (χ4v) is 4.45. The van der Waals surface area contributed by atoms with E-state index in [0.29, 0.717) is 12.0 Å². The molecule has 0 saturated heterocycles. The number of carbonyl (C=O) groups excluding carboxylic acids is 3. The van der Waals surface area contributed by atoms with E-state index in [1.165, 1.54) is 0 Å². The van der Waals surface area contributed by atoms with Gasteiger partial charge in [0.1, 0.15) is 5.60 Å². The molecule has 0 saturated carbocycles. The predicted octanol–water partition coefficient (Wildman–Crippen LogP) is 4.19. The molecule has 1 unspecified atom stereocenters. The third kappa shape index (κ3) is 9.85. The van der Waals surface area contributed by atoms with Crippen LogP contribution >= 0.6 is 11.6 Å². The Morgan fingerprint density at radius 2 is 1.67 bits per heavy atom. The first kappa shape index (κ1) is 33.1. The molecule has 3 rings (SSSR count). The second-order valence-electron chi connectivity index (χ2n) is 11.2. The second kappa shape index (κ2) is 14.7. The summed E-state index contributed by atoms with van der Waals surface area (Å²) in [5.74, 6) is -1.25. The number of nitrogens with zero attached hydrogens (tertiary/aromatic N) is 3. The summed E-state index contributed by atoms with van der Waals surface area (Å²) in [4.78, 5) is 48.1. The number of amides is 3. The summed E-state index contributed by atoms with van der Waals surface area (Å²) < 4.78 is 5.74. The van der Waals surface area contributed by atoms with Crippen LogP contribution in [0.4, 0.5) is 16.4 Å². The minimum Gasteiger partial charge on any atom is -0.444 e. The lowest BCUT2D eigenvalue weighted by molar-refractivity contribution is 0.0202. The van der Waals surface area contributed by atoms with Gasteiger partial charge in [0.15, 0.2) is 22.5 Å². The number of halogens is 1. The number of nitrogens with one attached hydrogen (secondary N) is 2. The van der Waals surface area contributed by atoms with Crippen molar-refractivity contribution in [2.45, 2.75) is 46.3 Å². The molecule has 1 aromatic heterocycles. The molecule has 3 amide bonds. The summed E-state index contributed by atoms with van der Waals surface area (Å²) in [5.41, 5.74) is 14.1. The summed E-state index contributed by atoms with van der Waals surface area (Å²) in [7, 11) is 0. The molecule has 1 radical (unpaired) electrons. The van der Waals surface area contributed by atoms with E-state index < -0.39 is 17.6 Å². The number of hydrogen-bond acceptors (Lipinski definition) is 8. The zero-order valence-electron chi connectivity index (χ0n) is 24.9. The van der Waals surface area contributed by atoms with Gasteiger partial charge < -0.3 is 31.7 Å². The Morgan fingerprint density at radius 1 is 1.00 bits per heavy atom. The highest BCUT2D eigenvalue weighted by molar-refractivity contribution is 6.31. The lowest BCUT2D eigenvalue weighted by Gasteiger charge is -2.31. The number of nitrogens with two attached hydrogens (primary N) is 2. The molecule has 0 aliphatic heterocycles. The summed E-state index contributed by atoms with van der Waals surface area (Å²) >= 11 is 5.98. The molecule has 0 aliphatic rings. The average Bonchev–Trinajstić information content (AvgIpc) is 2.93. The molecule has 11 nitrogen and oxygen atoms in total. The van der Waals surface area contributed by atoms with Crippen molar-refractivity contribution in [2.75, 3.05) is 31.1 Å². The fraction of sp³-hybridized carbons (Fsp3) is 0.355. The van der Waals surface area contributed by atoms with Crippen molar-refractivity contribution in [1.29, 1.82) is 0 Å². The zero-order chi connectivity index (χ0) is 31.7. The molecular formula is C31H39ClN7O4. The number of aromatic nitrogens is 2. The van der Waals surface area contributed by atoms with Crippen LogP contribution in [0.25, 0.3) is 0 Å². The molecule has 2 aromatic carbocycles. The lowest BCUT2D eigenvalue weighted by Crippen LogP contribution is -2.42. The predicted molar refractivity (Wildman–Crippen MR) is 167 cm³/mol. The van der Waals surface area contributed by atoms with Crippen molar-refractivity contribution in [3.63, 3.8) is 0 Å². The molecule has 12 heteroatoms. The van der Waals surface area contributed by atoms with Gasteiger partial charge in [-0.25, -0.2) is 14.8 Å². The van der Waals surface area contributed by atoms with Gasteiger partial charge in [0.25, 0.3) is 11.8 Å². The standard InChI is InChI=1S/C31H39ClN7O4/c1-6-35-28(40)22-13-11-20(12-14-22)17-39(30(42)43-31(3,4)5)18-21(15-23-10-8-7-9-19(23)2)16-36-29(41)24-26(33)38-27(34)25(32)37-24/h7-14,21H,1,6,15-18H2,2-5H3,(H,35,40)(H,36,41)(H4,33,34,38). The minimum absolute atomic E-state index is 0.0721. The highest BCUT2D eigenvalue weighted by atomic mass is 35.5. The number of hydrogen-bond donors (Lipinski definition) is 4. The van der Waals surface area contributed by atoms with Gasteiger partial charge in [-0.3, -0.25) is 9.59 Å². The van der Waals surface area contributed by atoms with Crippen LogP contribution in [0.15, 0.2) is 48.5 Å². The van der Waals surface area contributed by atoms with Crippen LogP contribution in [0.5, 0.6) is 0 Å². The maximum Gasteiger partial charge on any atom is 0.410 e. The zero-order valence-corrected chi connectivity index (χ0v) is 25.7. The smallest absolute Gasteiger partial charge is 0.410 e. The van der Waals surface area contributed by atoms with Crippen LogP contribution in [0, 0.1) is 19.8 Å². The van der Waals surface area contributed by atoms with Crippen molar-refractivity contribution in [3.8, 4) is 0 Å². The minimum atomic E-state index is -0.726. The quantitative estimate of drug-likeness (QED) is 0.251. The first-order valence-electron chi connectivity index (χ1n) is 13.8. The number of anilines is 2. The van der Waals surface area contributed by atoms with E-state index in [9.17, 15) is 14.4 Å². The Morgan fingerprint density at radius 3 is 2.30 bits per heavy atom. The normalized spacial score (nSPS) is 11.9. The van der Waals surface area contributed by atoms with Gasteiger partial charge in [-0.05, 0) is 75.8 Å². The number of aryl methyl sites for hydroxylation is 1.